The molecule has 0 saturated heterocycles. The summed E-state index contributed by atoms with van der Waals surface area (Å²) >= 11 is 0. The molecule has 2 N–H and O–H groups in total. The molecule has 1 heterocycles. The van der Waals surface area contributed by atoms with E-state index in [0.29, 0.717) is 17.0 Å². The predicted octanol–water partition coefficient (Wildman–Crippen LogP) is 2.61. The summed E-state index contributed by atoms with van der Waals surface area (Å²) in [5, 5.41) is 0.835. The van der Waals surface area contributed by atoms with Crippen LogP contribution in [0.5, 0.6) is 0 Å². The normalized spacial score (nSPS) is 15.7. The molecule has 1 aromatic heterocycles. The second kappa shape index (κ2) is 2.86. The summed E-state index contributed by atoms with van der Waals surface area (Å²) in [7, 11) is 0. The number of benzene rings is 1. The molecule has 0 unspecified atom stereocenters. The van der Waals surface area contributed by atoms with E-state index in [4.69, 9.17) is 10.2 Å². The maximum Gasteiger partial charge on any atom is 0.203 e. The van der Waals surface area contributed by atoms with Gasteiger partial charge in [0.15, 0.2) is 5.76 Å². The second-order valence-corrected chi connectivity index (χ2v) is 3.98. The summed E-state index contributed by atoms with van der Waals surface area (Å²) in [6, 6.07) is 7.46. The van der Waals surface area contributed by atoms with Crippen molar-refractivity contribution in [1.82, 2.24) is 0 Å². The van der Waals surface area contributed by atoms with E-state index in [1.54, 1.807) is 0 Å². The Labute approximate surface area is 86.9 Å². The first-order valence-electron chi connectivity index (χ1n) is 5.08. The number of carbonyl (C=O) groups is 1. The van der Waals surface area contributed by atoms with Crippen LogP contribution in [0.2, 0.25) is 0 Å². The van der Waals surface area contributed by atoms with Gasteiger partial charge < -0.3 is 10.2 Å². The van der Waals surface area contributed by atoms with E-state index in [0.717, 1.165) is 18.2 Å². The number of carbonyl (C=O) groups excluding carboxylic acids is 1. The Bertz CT molecular complexity index is 538. The molecule has 1 aliphatic rings. The molecule has 1 saturated carbocycles. The third-order valence-electron chi connectivity index (χ3n) is 2.81. The number of nitrogens with two attached hydrogens (primary N) is 1. The first-order chi connectivity index (χ1) is 7.27. The Hall–Kier alpha value is -1.77. The molecule has 1 fully saturated rings. The number of nitrogen functional groups attached to an aromatic ring is 1. The van der Waals surface area contributed by atoms with Gasteiger partial charge in [-0.25, -0.2) is 0 Å². The van der Waals surface area contributed by atoms with Crippen LogP contribution in [0, 0.1) is 5.92 Å². The van der Waals surface area contributed by atoms with Crippen molar-refractivity contribution in [2.75, 3.05) is 5.73 Å². The van der Waals surface area contributed by atoms with Gasteiger partial charge in [0.1, 0.15) is 5.58 Å². The van der Waals surface area contributed by atoms with Gasteiger partial charge in [0, 0.05) is 11.3 Å². The zero-order valence-corrected chi connectivity index (χ0v) is 8.19. The van der Waals surface area contributed by atoms with Gasteiger partial charge in [-0.15, -0.1) is 0 Å². The van der Waals surface area contributed by atoms with Crippen LogP contribution in [0.3, 0.4) is 0 Å². The molecule has 76 valence electrons. The Morgan fingerprint density at radius 1 is 1.33 bits per heavy atom. The summed E-state index contributed by atoms with van der Waals surface area (Å²) in [4.78, 5) is 11.8. The van der Waals surface area contributed by atoms with Crippen molar-refractivity contribution in [3.8, 4) is 0 Å². The lowest BCUT2D eigenvalue weighted by Gasteiger charge is -1.93. The molecular formula is C12H11NO2. The molecule has 0 aliphatic heterocycles. The van der Waals surface area contributed by atoms with Crippen molar-refractivity contribution in [1.29, 1.82) is 0 Å². The lowest BCUT2D eigenvalue weighted by atomic mass is 10.1. The van der Waals surface area contributed by atoms with Gasteiger partial charge in [-0.05, 0) is 25.0 Å². The monoisotopic (exact) mass is 201 g/mol. The van der Waals surface area contributed by atoms with Crippen molar-refractivity contribution in [3.63, 3.8) is 0 Å². The summed E-state index contributed by atoms with van der Waals surface area (Å²) in [5.74, 6) is 0.551. The van der Waals surface area contributed by atoms with Gasteiger partial charge in [0.05, 0.1) is 5.69 Å². The van der Waals surface area contributed by atoms with Crippen LogP contribution in [0.25, 0.3) is 11.0 Å². The van der Waals surface area contributed by atoms with Gasteiger partial charge in [0.2, 0.25) is 5.78 Å². The first-order valence-corrected chi connectivity index (χ1v) is 5.08. The van der Waals surface area contributed by atoms with Crippen LogP contribution < -0.4 is 5.73 Å². The lowest BCUT2D eigenvalue weighted by Crippen LogP contribution is -2.02. The number of furan rings is 1. The smallest absolute Gasteiger partial charge is 0.203 e. The standard InChI is InChI=1S/C12H11NO2/c13-10-8-3-1-2-4-9(8)15-12(10)11(14)7-5-6-7/h1-4,7H,5-6,13H2. The number of ketones is 1. The SMILES string of the molecule is Nc1c(C(=O)C2CC2)oc2ccccc12. The van der Waals surface area contributed by atoms with E-state index in [1.807, 2.05) is 24.3 Å². The molecule has 0 spiro atoms. The summed E-state index contributed by atoms with van der Waals surface area (Å²) in [6.07, 6.45) is 1.94. The lowest BCUT2D eigenvalue weighted by molar-refractivity contribution is 0.0944. The predicted molar refractivity (Wildman–Crippen MR) is 57.7 cm³/mol. The quantitative estimate of drug-likeness (QED) is 0.760. The maximum absolute atomic E-state index is 11.8. The third kappa shape index (κ3) is 1.23. The maximum atomic E-state index is 11.8. The highest BCUT2D eigenvalue weighted by Crippen LogP contribution is 2.37. The molecular weight excluding hydrogens is 190 g/mol. The van der Waals surface area contributed by atoms with Crippen molar-refractivity contribution in [2.24, 2.45) is 5.92 Å². The van der Waals surface area contributed by atoms with Crippen LogP contribution in [-0.4, -0.2) is 5.78 Å². The zero-order valence-electron chi connectivity index (χ0n) is 8.19. The van der Waals surface area contributed by atoms with E-state index < -0.39 is 0 Å². The number of anilines is 1. The van der Waals surface area contributed by atoms with E-state index >= 15 is 0 Å². The minimum absolute atomic E-state index is 0.0590. The van der Waals surface area contributed by atoms with Gasteiger partial charge in [0.25, 0.3) is 0 Å². The molecule has 0 amide bonds. The van der Waals surface area contributed by atoms with E-state index in [1.165, 1.54) is 0 Å². The number of para-hydroxylation sites is 1. The van der Waals surface area contributed by atoms with Gasteiger partial charge in [-0.1, -0.05) is 12.1 Å². The average molecular weight is 201 g/mol. The number of hydrogen-bond donors (Lipinski definition) is 1. The second-order valence-electron chi connectivity index (χ2n) is 3.98. The molecule has 3 rings (SSSR count). The van der Waals surface area contributed by atoms with Crippen LogP contribution in [0.1, 0.15) is 23.4 Å². The molecule has 1 aliphatic carbocycles. The molecule has 1 aromatic carbocycles. The van der Waals surface area contributed by atoms with Crippen molar-refractivity contribution >= 4 is 22.4 Å². The van der Waals surface area contributed by atoms with Crippen LogP contribution in [0.4, 0.5) is 5.69 Å². The highest BCUT2D eigenvalue weighted by atomic mass is 16.3. The Kier molecular flexibility index (Phi) is 1.63. The Morgan fingerprint density at radius 2 is 2.07 bits per heavy atom. The number of fused-ring (bicyclic) bond motifs is 1. The van der Waals surface area contributed by atoms with E-state index in [9.17, 15) is 4.79 Å². The minimum Gasteiger partial charge on any atom is -0.451 e. The number of rotatable bonds is 2. The van der Waals surface area contributed by atoms with Crippen LogP contribution in [0.15, 0.2) is 28.7 Å². The van der Waals surface area contributed by atoms with Crippen LogP contribution >= 0.6 is 0 Å². The molecule has 3 heteroatoms. The largest absolute Gasteiger partial charge is 0.451 e. The topological polar surface area (TPSA) is 56.2 Å². The fourth-order valence-corrected chi connectivity index (χ4v) is 1.78. The molecule has 3 nitrogen and oxygen atoms in total. The minimum atomic E-state index is 0.0590. The van der Waals surface area contributed by atoms with E-state index in [-0.39, 0.29) is 11.7 Å². The number of Topliss-reactive ketones (excluding diaryl/α,β-unsaturated/α-hetero) is 1. The number of hydrogen-bond acceptors (Lipinski definition) is 3. The van der Waals surface area contributed by atoms with E-state index in [2.05, 4.69) is 0 Å². The summed E-state index contributed by atoms with van der Waals surface area (Å²) in [5.41, 5.74) is 7.07. The van der Waals surface area contributed by atoms with Gasteiger partial charge >= 0.3 is 0 Å². The zero-order chi connectivity index (χ0) is 10.4. The summed E-state index contributed by atoms with van der Waals surface area (Å²) < 4.78 is 5.49. The third-order valence-corrected chi connectivity index (χ3v) is 2.81. The molecule has 0 atom stereocenters. The summed E-state index contributed by atoms with van der Waals surface area (Å²) in [6.45, 7) is 0. The Balaban J connectivity index is 2.18. The van der Waals surface area contributed by atoms with Crippen molar-refractivity contribution < 1.29 is 9.21 Å². The van der Waals surface area contributed by atoms with Gasteiger partial charge in [-0.3, -0.25) is 4.79 Å². The first kappa shape index (κ1) is 8.53. The van der Waals surface area contributed by atoms with Crippen LogP contribution in [-0.2, 0) is 0 Å². The molecule has 2 aromatic rings. The van der Waals surface area contributed by atoms with Crippen molar-refractivity contribution in [3.05, 3.63) is 30.0 Å². The highest BCUT2D eigenvalue weighted by molar-refractivity contribution is 6.07. The fraction of sp³-hybridized carbons (Fsp3) is 0.250. The average Bonchev–Trinajstić information content (AvgIpc) is 3.04. The molecule has 0 radical (unpaired) electrons. The highest BCUT2D eigenvalue weighted by Gasteiger charge is 2.34. The fourth-order valence-electron chi connectivity index (χ4n) is 1.78. The molecule has 15 heavy (non-hydrogen) atoms. The molecule has 0 bridgehead atoms. The Morgan fingerprint density at radius 3 is 2.73 bits per heavy atom. The van der Waals surface area contributed by atoms with Crippen molar-refractivity contribution in [2.45, 2.75) is 12.8 Å². The van der Waals surface area contributed by atoms with Gasteiger partial charge in [-0.2, -0.15) is 0 Å².